The maximum atomic E-state index is 11.2. The number of halogens is 3. The molecule has 0 aliphatic heterocycles. The van der Waals surface area contributed by atoms with Crippen LogP contribution in [0, 0.1) is 0 Å². The molecule has 0 aromatic heterocycles. The van der Waals surface area contributed by atoms with E-state index in [1.807, 2.05) is 0 Å². The van der Waals surface area contributed by atoms with Crippen molar-refractivity contribution < 1.29 is 8.78 Å². The van der Waals surface area contributed by atoms with E-state index in [9.17, 15) is 8.78 Å². The van der Waals surface area contributed by atoms with Crippen LogP contribution in [0.2, 0.25) is 0 Å². The summed E-state index contributed by atoms with van der Waals surface area (Å²) < 4.78 is 21.5. The first-order chi connectivity index (χ1) is 2.77. The molecule has 0 amide bonds. The van der Waals surface area contributed by atoms with Crippen molar-refractivity contribution in [2.75, 3.05) is 6.67 Å². The summed E-state index contributed by atoms with van der Waals surface area (Å²) in [6.45, 7) is -0.753. The van der Waals surface area contributed by atoms with Crippen molar-refractivity contribution in [1.82, 2.24) is 0 Å². The van der Waals surface area contributed by atoms with Gasteiger partial charge in [0.2, 0.25) is 0 Å². The largest absolute Gasteiger partial charge is 0.246 e. The number of alkyl halides is 1. The Bertz CT molecular complexity index is 55.8. The van der Waals surface area contributed by atoms with Crippen molar-refractivity contribution in [3.63, 3.8) is 0 Å². The van der Waals surface area contributed by atoms with Gasteiger partial charge in [0, 0.05) is 0 Å². The molecule has 0 fully saturated rings. The van der Waals surface area contributed by atoms with Crippen molar-refractivity contribution in [3.8, 4) is 0 Å². The van der Waals surface area contributed by atoms with Crippen LogP contribution in [-0.4, -0.2) is 6.67 Å². The molecule has 0 saturated carbocycles. The van der Waals surface area contributed by atoms with Crippen LogP contribution in [-0.2, 0) is 0 Å². The van der Waals surface area contributed by atoms with Gasteiger partial charge in [-0.25, -0.2) is 4.39 Å². The first kappa shape index (κ1) is 6.08. The second kappa shape index (κ2) is 3.28. The van der Waals surface area contributed by atoms with E-state index in [4.69, 9.17) is 0 Å². The number of rotatable bonds is 1. The van der Waals surface area contributed by atoms with Gasteiger partial charge in [0.1, 0.15) is 6.67 Å². The summed E-state index contributed by atoms with van der Waals surface area (Å²) >= 11 is 2.39. The van der Waals surface area contributed by atoms with Crippen LogP contribution in [0.4, 0.5) is 8.78 Å². The van der Waals surface area contributed by atoms with Gasteiger partial charge in [0.25, 0.3) is 0 Å². The molecule has 0 aromatic carbocycles. The zero-order chi connectivity index (χ0) is 4.99. The standard InChI is InChI=1S/C3H3BrF2/c4-3(6)1-2-5/h1H,2H2/b3-1-. The van der Waals surface area contributed by atoms with Gasteiger partial charge >= 0.3 is 0 Å². The first-order valence-corrected chi connectivity index (χ1v) is 2.14. The fourth-order valence-electron chi connectivity index (χ4n) is 0.0583. The van der Waals surface area contributed by atoms with Crippen molar-refractivity contribution in [3.05, 3.63) is 10.8 Å². The van der Waals surface area contributed by atoms with Crippen LogP contribution < -0.4 is 0 Å². The molecule has 0 saturated heterocycles. The SMILES string of the molecule is FC/C=C(\F)Br. The van der Waals surface area contributed by atoms with E-state index in [0.717, 1.165) is 6.08 Å². The summed E-state index contributed by atoms with van der Waals surface area (Å²) in [5.74, 6) is 0. The maximum absolute atomic E-state index is 11.2. The van der Waals surface area contributed by atoms with E-state index in [-0.39, 0.29) is 0 Å². The molecule has 0 atom stereocenters. The Kier molecular flexibility index (Phi) is 3.32. The molecule has 3 heteroatoms. The molecule has 0 rings (SSSR count). The summed E-state index contributed by atoms with van der Waals surface area (Å²) in [7, 11) is 0. The van der Waals surface area contributed by atoms with E-state index in [1.165, 1.54) is 0 Å². The number of allylic oxidation sites excluding steroid dienone is 1. The molecular formula is C3H3BrF2. The van der Waals surface area contributed by atoms with Gasteiger partial charge in [-0.1, -0.05) is 0 Å². The quantitative estimate of drug-likeness (QED) is 0.547. The molecule has 0 bridgehead atoms. The molecule has 36 valence electrons. The highest BCUT2D eigenvalue weighted by Crippen LogP contribution is 2.03. The molecule has 0 N–H and O–H groups in total. The van der Waals surface area contributed by atoms with Crippen LogP contribution in [0.1, 0.15) is 0 Å². The third kappa shape index (κ3) is 4.08. The Hall–Kier alpha value is 0.0800. The summed E-state index contributed by atoms with van der Waals surface area (Å²) in [6.07, 6.45) is 0.792. The Morgan fingerprint density at radius 1 is 1.83 bits per heavy atom. The van der Waals surface area contributed by atoms with Crippen molar-refractivity contribution in [2.24, 2.45) is 0 Å². The minimum absolute atomic E-state index is 0.648. The van der Waals surface area contributed by atoms with Crippen LogP contribution in [0.25, 0.3) is 0 Å². The van der Waals surface area contributed by atoms with Crippen LogP contribution in [0.5, 0.6) is 0 Å². The summed E-state index contributed by atoms with van der Waals surface area (Å²) in [5.41, 5.74) is 0. The topological polar surface area (TPSA) is 0 Å². The highest BCUT2D eigenvalue weighted by molar-refractivity contribution is 9.11. The summed E-state index contributed by atoms with van der Waals surface area (Å²) in [5, 5.41) is 0. The van der Waals surface area contributed by atoms with Gasteiger partial charge < -0.3 is 0 Å². The van der Waals surface area contributed by atoms with Crippen molar-refractivity contribution in [1.29, 1.82) is 0 Å². The molecule has 0 aliphatic rings. The lowest BCUT2D eigenvalue weighted by molar-refractivity contribution is 0.552. The normalized spacial score (nSPS) is 12.2. The smallest absolute Gasteiger partial charge is 0.164 e. The Morgan fingerprint density at radius 2 is 2.33 bits per heavy atom. The molecule has 0 heterocycles. The lowest BCUT2D eigenvalue weighted by Gasteiger charge is -1.71. The van der Waals surface area contributed by atoms with Crippen LogP contribution >= 0.6 is 15.9 Å². The fraction of sp³-hybridized carbons (Fsp3) is 0.333. The van der Waals surface area contributed by atoms with E-state index >= 15 is 0 Å². The predicted octanol–water partition coefficient (Wildman–Crippen LogP) is 2.16. The second-order valence-corrected chi connectivity index (χ2v) is 1.41. The Labute approximate surface area is 43.0 Å². The maximum Gasteiger partial charge on any atom is 0.164 e. The van der Waals surface area contributed by atoms with Crippen molar-refractivity contribution >= 4 is 15.9 Å². The molecule has 6 heavy (non-hydrogen) atoms. The average Bonchev–Trinajstić information content (AvgIpc) is 1.35. The van der Waals surface area contributed by atoms with E-state index < -0.39 is 11.4 Å². The average molecular weight is 157 g/mol. The van der Waals surface area contributed by atoms with Gasteiger partial charge in [-0.15, -0.1) is 0 Å². The van der Waals surface area contributed by atoms with Crippen molar-refractivity contribution in [2.45, 2.75) is 0 Å². The Balaban J connectivity index is 3.14. The van der Waals surface area contributed by atoms with E-state index in [2.05, 4.69) is 15.9 Å². The Morgan fingerprint density at radius 3 is 2.33 bits per heavy atom. The lowest BCUT2D eigenvalue weighted by Crippen LogP contribution is -1.58. The minimum Gasteiger partial charge on any atom is -0.246 e. The van der Waals surface area contributed by atoms with Crippen LogP contribution in [0.3, 0.4) is 0 Å². The lowest BCUT2D eigenvalue weighted by atomic mass is 10.7. The highest BCUT2D eigenvalue weighted by Gasteiger charge is 1.77. The predicted molar refractivity (Wildman–Crippen MR) is 24.1 cm³/mol. The molecule has 0 spiro atoms. The van der Waals surface area contributed by atoms with Gasteiger partial charge in [-0.3, -0.25) is 0 Å². The highest BCUT2D eigenvalue weighted by atomic mass is 79.9. The zero-order valence-corrected chi connectivity index (χ0v) is 4.50. The second-order valence-electron chi connectivity index (χ2n) is 0.648. The van der Waals surface area contributed by atoms with Gasteiger partial charge in [-0.2, -0.15) is 4.39 Å². The van der Waals surface area contributed by atoms with Gasteiger partial charge in [0.05, 0.1) is 0 Å². The monoisotopic (exact) mass is 156 g/mol. The summed E-state index contributed by atoms with van der Waals surface area (Å²) in [4.78, 5) is 0. The number of hydrogen-bond donors (Lipinski definition) is 0. The fourth-order valence-corrected chi connectivity index (χ4v) is 0.181. The third-order valence-corrected chi connectivity index (χ3v) is 0.555. The van der Waals surface area contributed by atoms with Gasteiger partial charge in [-0.05, 0) is 22.0 Å². The molecular weight excluding hydrogens is 154 g/mol. The van der Waals surface area contributed by atoms with E-state index in [1.54, 1.807) is 0 Å². The molecule has 0 aromatic rings. The number of hydrogen-bond acceptors (Lipinski definition) is 0. The molecule has 0 unspecified atom stereocenters. The molecule has 0 nitrogen and oxygen atoms in total. The summed E-state index contributed by atoms with van der Waals surface area (Å²) in [6, 6.07) is 0. The van der Waals surface area contributed by atoms with Crippen LogP contribution in [0.15, 0.2) is 10.8 Å². The first-order valence-electron chi connectivity index (χ1n) is 1.34. The minimum atomic E-state index is -0.753. The molecule has 0 radical (unpaired) electrons. The molecule has 0 aliphatic carbocycles. The zero-order valence-electron chi connectivity index (χ0n) is 2.92. The van der Waals surface area contributed by atoms with E-state index in [0.29, 0.717) is 0 Å². The third-order valence-electron chi connectivity index (χ3n) is 0.231. The van der Waals surface area contributed by atoms with Gasteiger partial charge in [0.15, 0.2) is 4.74 Å².